The minimum Gasteiger partial charge on any atom is -0.316 e. The third-order valence-corrected chi connectivity index (χ3v) is 8.75. The number of quaternary nitrogens is 1. The lowest BCUT2D eigenvalue weighted by molar-refractivity contribution is -0.941. The Kier molecular flexibility index (Phi) is 13.1. The van der Waals surface area contributed by atoms with Crippen molar-refractivity contribution in [2.24, 2.45) is 0 Å². The van der Waals surface area contributed by atoms with Crippen molar-refractivity contribution in [2.45, 2.75) is 123 Å². The molecule has 1 heteroatoms. The highest BCUT2D eigenvalue weighted by Gasteiger charge is 2.45. The van der Waals surface area contributed by atoms with Crippen molar-refractivity contribution < 1.29 is 4.48 Å². The molecule has 196 valence electrons. The summed E-state index contributed by atoms with van der Waals surface area (Å²) in [5, 5.41) is 0. The van der Waals surface area contributed by atoms with Crippen LogP contribution in [0.2, 0.25) is 0 Å². The maximum Gasteiger partial charge on any atom is 0.147 e. The maximum atomic E-state index is 2.47. The fraction of sp³-hybridized carbons (Fsp3) is 0.647. The van der Waals surface area contributed by atoms with Crippen LogP contribution in [0.5, 0.6) is 0 Å². The Labute approximate surface area is 218 Å². The molecule has 0 spiro atoms. The third kappa shape index (κ3) is 8.78. The zero-order valence-electron chi connectivity index (χ0n) is 24.2. The number of hydrogen-bond donors (Lipinski definition) is 0. The third-order valence-electron chi connectivity index (χ3n) is 8.75. The molecule has 0 aromatic heterocycles. The Morgan fingerprint density at radius 2 is 1.09 bits per heavy atom. The Hall–Kier alpha value is -1.60. The van der Waals surface area contributed by atoms with Crippen LogP contribution in [-0.4, -0.2) is 25.1 Å². The van der Waals surface area contributed by atoms with Crippen LogP contribution in [0, 0.1) is 13.8 Å². The van der Waals surface area contributed by atoms with E-state index in [2.05, 4.69) is 90.3 Å². The fourth-order valence-corrected chi connectivity index (χ4v) is 5.80. The minimum atomic E-state index is -0.0616. The largest absolute Gasteiger partial charge is 0.316 e. The predicted octanol–water partition coefficient (Wildman–Crippen LogP) is 10.1. The van der Waals surface area contributed by atoms with Crippen LogP contribution in [0.1, 0.15) is 126 Å². The summed E-state index contributed by atoms with van der Waals surface area (Å²) in [6.07, 6.45) is 19.8. The molecule has 0 saturated heterocycles. The van der Waals surface area contributed by atoms with Crippen LogP contribution in [0.4, 0.5) is 0 Å². The summed E-state index contributed by atoms with van der Waals surface area (Å²) < 4.78 is 0.986. The van der Waals surface area contributed by atoms with Gasteiger partial charge in [-0.05, 0) is 44.7 Å². The Morgan fingerprint density at radius 3 is 1.60 bits per heavy atom. The van der Waals surface area contributed by atoms with Gasteiger partial charge in [-0.1, -0.05) is 133 Å². The van der Waals surface area contributed by atoms with Gasteiger partial charge in [-0.25, -0.2) is 0 Å². The summed E-state index contributed by atoms with van der Waals surface area (Å²) in [7, 11) is 4.88. The van der Waals surface area contributed by atoms with Crippen molar-refractivity contribution >= 4 is 0 Å². The molecule has 0 aliphatic carbocycles. The van der Waals surface area contributed by atoms with E-state index in [-0.39, 0.29) is 5.54 Å². The van der Waals surface area contributed by atoms with Crippen LogP contribution in [0.25, 0.3) is 0 Å². The Morgan fingerprint density at radius 1 is 0.600 bits per heavy atom. The summed E-state index contributed by atoms with van der Waals surface area (Å²) in [6.45, 7) is 10.5. The molecule has 2 aromatic carbocycles. The lowest BCUT2D eigenvalue weighted by Gasteiger charge is -2.48. The first kappa shape index (κ1) is 29.6. The normalized spacial score (nSPS) is 13.7. The van der Waals surface area contributed by atoms with Gasteiger partial charge in [-0.15, -0.1) is 0 Å². The van der Waals surface area contributed by atoms with Gasteiger partial charge in [0, 0.05) is 11.1 Å². The Bertz CT molecular complexity index is 822. The molecule has 0 aliphatic heterocycles. The quantitative estimate of drug-likeness (QED) is 0.148. The number of aryl methyl sites for hydroxylation is 1. The van der Waals surface area contributed by atoms with Gasteiger partial charge in [0.15, 0.2) is 0 Å². The van der Waals surface area contributed by atoms with E-state index < -0.39 is 0 Å². The number of benzene rings is 2. The predicted molar refractivity (Wildman–Crippen MR) is 156 cm³/mol. The lowest BCUT2D eigenvalue weighted by Crippen LogP contribution is -2.57. The molecule has 1 atom stereocenters. The lowest BCUT2D eigenvalue weighted by atomic mass is 9.78. The molecule has 0 aliphatic rings. The van der Waals surface area contributed by atoms with Crippen molar-refractivity contribution in [1.29, 1.82) is 0 Å². The molecule has 0 amide bonds. The average Bonchev–Trinajstić information content (AvgIpc) is 2.86. The number of nitrogens with zero attached hydrogens (tertiary/aromatic N) is 1. The second kappa shape index (κ2) is 15.5. The van der Waals surface area contributed by atoms with Crippen LogP contribution in [0.3, 0.4) is 0 Å². The van der Waals surface area contributed by atoms with Gasteiger partial charge in [0.2, 0.25) is 0 Å². The van der Waals surface area contributed by atoms with Crippen LogP contribution in [0.15, 0.2) is 48.5 Å². The molecule has 0 bridgehead atoms. The van der Waals surface area contributed by atoms with Crippen molar-refractivity contribution in [1.82, 2.24) is 0 Å². The highest BCUT2D eigenvalue weighted by atomic mass is 15.4. The number of unbranched alkanes of at least 4 members (excludes halogenated alkanes) is 13. The molecule has 0 saturated carbocycles. The van der Waals surface area contributed by atoms with Crippen molar-refractivity contribution in [3.05, 3.63) is 70.8 Å². The number of rotatable bonds is 18. The molecule has 1 unspecified atom stereocenters. The molecular formula is C34H56N+. The fourth-order valence-electron chi connectivity index (χ4n) is 5.80. The molecule has 0 radical (unpaired) electrons. The van der Waals surface area contributed by atoms with Gasteiger partial charge in [-0.3, -0.25) is 0 Å². The smallest absolute Gasteiger partial charge is 0.147 e. The zero-order chi connectivity index (χ0) is 25.6. The standard InChI is InChI=1S/C34H56N/c1-7-8-9-10-11-12-13-14-15-16-17-18-19-23-29-35(5,6)34(4,32-26-21-20-22-27-32)33-28-24-25-30(2)31(33)3/h20-22,24-28H,7-19,23,29H2,1-6H3/q+1. The van der Waals surface area contributed by atoms with E-state index in [9.17, 15) is 0 Å². The Balaban J connectivity index is 1.80. The van der Waals surface area contributed by atoms with E-state index in [1.165, 1.54) is 119 Å². The van der Waals surface area contributed by atoms with E-state index in [1.807, 2.05) is 0 Å². The average molecular weight is 479 g/mol. The van der Waals surface area contributed by atoms with E-state index in [4.69, 9.17) is 0 Å². The van der Waals surface area contributed by atoms with E-state index >= 15 is 0 Å². The van der Waals surface area contributed by atoms with Crippen molar-refractivity contribution in [3.63, 3.8) is 0 Å². The molecule has 0 heterocycles. The van der Waals surface area contributed by atoms with Gasteiger partial charge >= 0.3 is 0 Å². The molecule has 1 nitrogen and oxygen atoms in total. The SMILES string of the molecule is CCCCCCCCCCCCCCCC[N+](C)(C)C(C)(c1ccccc1)c1cccc(C)c1C. The maximum absolute atomic E-state index is 2.47. The van der Waals surface area contributed by atoms with E-state index in [1.54, 1.807) is 0 Å². The van der Waals surface area contributed by atoms with E-state index in [0.717, 1.165) is 4.48 Å². The summed E-state index contributed by atoms with van der Waals surface area (Å²) in [6, 6.07) is 18.0. The second-order valence-electron chi connectivity index (χ2n) is 11.7. The van der Waals surface area contributed by atoms with Crippen LogP contribution < -0.4 is 0 Å². The first-order valence-corrected chi connectivity index (χ1v) is 14.8. The van der Waals surface area contributed by atoms with E-state index in [0.29, 0.717) is 0 Å². The van der Waals surface area contributed by atoms with Gasteiger partial charge in [0.1, 0.15) is 5.54 Å². The summed E-state index contributed by atoms with van der Waals surface area (Å²) >= 11 is 0. The molecular weight excluding hydrogens is 422 g/mol. The second-order valence-corrected chi connectivity index (χ2v) is 11.7. The highest BCUT2D eigenvalue weighted by molar-refractivity contribution is 5.43. The summed E-state index contributed by atoms with van der Waals surface area (Å²) in [5.41, 5.74) is 5.66. The van der Waals surface area contributed by atoms with Crippen LogP contribution in [-0.2, 0) is 5.54 Å². The molecule has 2 aromatic rings. The summed E-state index contributed by atoms with van der Waals surface area (Å²) in [4.78, 5) is 0. The number of hydrogen-bond acceptors (Lipinski definition) is 0. The van der Waals surface area contributed by atoms with Crippen molar-refractivity contribution in [2.75, 3.05) is 20.6 Å². The van der Waals surface area contributed by atoms with Gasteiger partial charge in [-0.2, -0.15) is 0 Å². The van der Waals surface area contributed by atoms with Crippen molar-refractivity contribution in [3.8, 4) is 0 Å². The topological polar surface area (TPSA) is 0 Å². The molecule has 0 N–H and O–H groups in total. The van der Waals surface area contributed by atoms with Crippen LogP contribution >= 0.6 is 0 Å². The monoisotopic (exact) mass is 478 g/mol. The zero-order valence-corrected chi connectivity index (χ0v) is 24.2. The summed E-state index contributed by atoms with van der Waals surface area (Å²) in [5.74, 6) is 0. The molecule has 35 heavy (non-hydrogen) atoms. The minimum absolute atomic E-state index is 0.0616. The highest BCUT2D eigenvalue weighted by Crippen LogP contribution is 2.41. The van der Waals surface area contributed by atoms with Gasteiger partial charge in [0.05, 0.1) is 20.6 Å². The first-order valence-electron chi connectivity index (χ1n) is 14.8. The van der Waals surface area contributed by atoms with Gasteiger partial charge in [0.25, 0.3) is 0 Å². The molecule has 0 fully saturated rings. The molecule has 2 rings (SSSR count). The first-order chi connectivity index (χ1) is 16.8. The van der Waals surface area contributed by atoms with Gasteiger partial charge < -0.3 is 4.48 Å².